The van der Waals surface area contributed by atoms with Crippen LogP contribution in [0.1, 0.15) is 0 Å². The molecule has 22 nitrogen and oxygen atoms in total. The molecule has 0 bridgehead atoms. The molecule has 70 heavy (non-hydrogen) atoms. The molecule has 0 aromatic heterocycles. The van der Waals surface area contributed by atoms with Crippen LogP contribution in [-0.2, 0) is 9.59 Å². The molecular formula is C48H38N8O14. The van der Waals surface area contributed by atoms with Crippen LogP contribution in [0.15, 0.2) is 146 Å². The molecule has 0 atom stereocenters. The van der Waals surface area contributed by atoms with E-state index in [-0.39, 0.29) is 34.1 Å². The zero-order chi connectivity index (χ0) is 51.4. The van der Waals surface area contributed by atoms with Gasteiger partial charge in [-0.2, -0.15) is 0 Å². The predicted molar refractivity (Wildman–Crippen MR) is 258 cm³/mol. The second kappa shape index (κ2) is 22.4. The third-order valence-corrected chi connectivity index (χ3v) is 10.1. The van der Waals surface area contributed by atoms with Crippen molar-refractivity contribution >= 4 is 46.9 Å². The molecule has 22 heteroatoms. The van der Waals surface area contributed by atoms with Crippen molar-refractivity contribution in [1.29, 1.82) is 0 Å². The van der Waals surface area contributed by atoms with Crippen LogP contribution in [0.5, 0.6) is 0 Å². The van der Waals surface area contributed by atoms with E-state index in [4.69, 9.17) is 0 Å². The standard InChI is InChI=1S/C42H24N6O12.2C3H7NO/c49-43(50)31-13-1-25(2-14-31)37-38(26-3-15-32(16-4-26)44(51)52)40(28-7-19-34(20-8-28)46(55)56)42(30-11-23-36(24-12-30)48(59)60)41(29-9-21-35(22-10-29)47(57)58)39(37)27-5-17-33(18-6-27)45(53)54;2*1-4(2)3-5/h1-24H;2*3H,1-2H3. The molecular weight excluding hydrogens is 913 g/mol. The number of hydrogen-bond acceptors (Lipinski definition) is 14. The minimum Gasteiger partial charge on any atom is -0.351 e. The third kappa shape index (κ3) is 11.8. The lowest BCUT2D eigenvalue weighted by molar-refractivity contribution is -0.385. The second-order valence-corrected chi connectivity index (χ2v) is 15.2. The summed E-state index contributed by atoms with van der Waals surface area (Å²) in [5.74, 6) is 0. The molecule has 0 aliphatic carbocycles. The quantitative estimate of drug-likeness (QED) is 0.0556. The van der Waals surface area contributed by atoms with E-state index < -0.39 is 29.5 Å². The molecule has 0 saturated carbocycles. The van der Waals surface area contributed by atoms with Crippen molar-refractivity contribution in [2.45, 2.75) is 0 Å². The van der Waals surface area contributed by atoms with Crippen LogP contribution in [0, 0.1) is 60.7 Å². The van der Waals surface area contributed by atoms with Crippen LogP contribution in [0.2, 0.25) is 0 Å². The molecule has 0 spiro atoms. The molecule has 0 aliphatic rings. The van der Waals surface area contributed by atoms with Crippen molar-refractivity contribution in [3.05, 3.63) is 206 Å². The molecule has 2 amide bonds. The van der Waals surface area contributed by atoms with Gasteiger partial charge in [0.05, 0.1) is 29.5 Å². The summed E-state index contributed by atoms with van der Waals surface area (Å²) < 4.78 is 0. The summed E-state index contributed by atoms with van der Waals surface area (Å²) in [6, 6.07) is 32.8. The normalized spacial score (nSPS) is 10.2. The number of rotatable bonds is 14. The average Bonchev–Trinajstić information content (AvgIpc) is 3.36. The average molecular weight is 951 g/mol. The molecule has 0 aliphatic heterocycles. The van der Waals surface area contributed by atoms with Gasteiger partial charge in [-0.1, -0.05) is 0 Å². The molecule has 0 N–H and O–H groups in total. The first kappa shape index (κ1) is 50.9. The van der Waals surface area contributed by atoms with E-state index in [2.05, 4.69) is 0 Å². The Labute approximate surface area is 396 Å². The fourth-order valence-electron chi connectivity index (χ4n) is 6.98. The number of nitro benzene ring substituents is 6. The van der Waals surface area contributed by atoms with Gasteiger partial charge in [0.1, 0.15) is 0 Å². The van der Waals surface area contributed by atoms with E-state index in [0.29, 0.717) is 66.8 Å². The molecule has 7 rings (SSSR count). The summed E-state index contributed by atoms with van der Waals surface area (Å²) in [6.45, 7) is 0. The Morgan fingerprint density at radius 3 is 0.443 bits per heavy atom. The van der Waals surface area contributed by atoms with Crippen LogP contribution in [-0.4, -0.2) is 80.4 Å². The molecule has 0 heterocycles. The minimum absolute atomic E-state index is 0.263. The predicted octanol–water partition coefficient (Wildman–Crippen LogP) is 10.5. The van der Waals surface area contributed by atoms with Crippen molar-refractivity contribution in [2.75, 3.05) is 28.2 Å². The van der Waals surface area contributed by atoms with E-state index in [1.54, 1.807) is 28.2 Å². The molecule has 0 radical (unpaired) electrons. The lowest BCUT2D eigenvalue weighted by Crippen LogP contribution is -2.06. The highest BCUT2D eigenvalue weighted by atomic mass is 16.6. The molecule has 7 aromatic rings. The number of benzene rings is 7. The lowest BCUT2D eigenvalue weighted by atomic mass is 9.74. The molecule has 7 aromatic carbocycles. The number of carbonyl (C=O) groups is 2. The van der Waals surface area contributed by atoms with E-state index in [1.165, 1.54) is 155 Å². The number of carbonyl (C=O) groups excluding carboxylic acids is 2. The second-order valence-electron chi connectivity index (χ2n) is 15.2. The van der Waals surface area contributed by atoms with Crippen molar-refractivity contribution in [3.8, 4) is 66.8 Å². The highest BCUT2D eigenvalue weighted by Crippen LogP contribution is 2.56. The van der Waals surface area contributed by atoms with Gasteiger partial charge in [-0.05, 0) is 140 Å². The van der Waals surface area contributed by atoms with E-state index >= 15 is 0 Å². The summed E-state index contributed by atoms with van der Waals surface area (Å²) in [4.78, 5) is 89.3. The summed E-state index contributed by atoms with van der Waals surface area (Å²) in [7, 11) is 6.75. The van der Waals surface area contributed by atoms with Gasteiger partial charge in [-0.25, -0.2) is 0 Å². The summed E-state index contributed by atoms with van der Waals surface area (Å²) in [6.07, 6.45) is 1.50. The molecule has 0 unspecified atom stereocenters. The SMILES string of the molecule is CN(C)C=O.CN(C)C=O.O=[N+]([O-])c1ccc(-c2c(-c3ccc([N+](=O)[O-])cc3)c(-c3ccc([N+](=O)[O-])cc3)c(-c3ccc([N+](=O)[O-])cc3)c(-c3ccc([N+](=O)[O-])cc3)c2-c2ccc([N+](=O)[O-])cc2)cc1. The topological polar surface area (TPSA) is 299 Å². The highest BCUT2D eigenvalue weighted by molar-refractivity contribution is 6.15. The maximum absolute atomic E-state index is 11.9. The Kier molecular flexibility index (Phi) is 16.3. The van der Waals surface area contributed by atoms with Gasteiger partial charge in [-0.3, -0.25) is 70.3 Å². The number of nitrogens with zero attached hydrogens (tertiary/aromatic N) is 8. The molecule has 0 saturated heterocycles. The lowest BCUT2D eigenvalue weighted by Gasteiger charge is -2.28. The number of amides is 2. The maximum Gasteiger partial charge on any atom is 0.269 e. The van der Waals surface area contributed by atoms with Gasteiger partial charge in [-0.15, -0.1) is 0 Å². The first-order chi connectivity index (χ1) is 33.3. The Morgan fingerprint density at radius 2 is 0.371 bits per heavy atom. The first-order valence-corrected chi connectivity index (χ1v) is 20.2. The molecule has 354 valence electrons. The Bertz CT molecular complexity index is 2560. The maximum atomic E-state index is 11.9. The van der Waals surface area contributed by atoms with Gasteiger partial charge in [0.15, 0.2) is 0 Å². The van der Waals surface area contributed by atoms with Gasteiger partial charge in [0, 0.05) is 101 Å². The van der Waals surface area contributed by atoms with Gasteiger partial charge < -0.3 is 9.80 Å². The van der Waals surface area contributed by atoms with Crippen molar-refractivity contribution in [2.24, 2.45) is 0 Å². The largest absolute Gasteiger partial charge is 0.351 e. The summed E-state index contributed by atoms with van der Waals surface area (Å²) in [5, 5.41) is 71.1. The summed E-state index contributed by atoms with van der Waals surface area (Å²) in [5.41, 5.74) is 2.53. The van der Waals surface area contributed by atoms with Crippen molar-refractivity contribution in [3.63, 3.8) is 0 Å². The van der Waals surface area contributed by atoms with E-state index in [9.17, 15) is 70.3 Å². The number of non-ortho nitro benzene ring substituents is 6. The van der Waals surface area contributed by atoms with Crippen molar-refractivity contribution < 1.29 is 39.1 Å². The Balaban J connectivity index is 0.000000829. The highest BCUT2D eigenvalue weighted by Gasteiger charge is 2.31. The van der Waals surface area contributed by atoms with Crippen LogP contribution in [0.25, 0.3) is 66.8 Å². The smallest absolute Gasteiger partial charge is 0.269 e. The van der Waals surface area contributed by atoms with E-state index in [1.807, 2.05) is 0 Å². The Hall–Kier alpha value is -10.1. The monoisotopic (exact) mass is 950 g/mol. The fraction of sp³-hybridized carbons (Fsp3) is 0.0833. The Morgan fingerprint density at radius 1 is 0.271 bits per heavy atom. The first-order valence-electron chi connectivity index (χ1n) is 20.2. The molecule has 0 fully saturated rings. The summed E-state index contributed by atoms with van der Waals surface area (Å²) >= 11 is 0. The number of nitro groups is 6. The minimum atomic E-state index is -0.597. The zero-order valence-corrected chi connectivity index (χ0v) is 37.3. The van der Waals surface area contributed by atoms with Crippen molar-refractivity contribution in [1.82, 2.24) is 9.80 Å². The zero-order valence-electron chi connectivity index (χ0n) is 37.3. The van der Waals surface area contributed by atoms with Crippen LogP contribution >= 0.6 is 0 Å². The van der Waals surface area contributed by atoms with Gasteiger partial charge in [0.25, 0.3) is 34.1 Å². The van der Waals surface area contributed by atoms with Crippen LogP contribution in [0.3, 0.4) is 0 Å². The number of hydrogen-bond donors (Lipinski definition) is 0. The fourth-order valence-corrected chi connectivity index (χ4v) is 6.98. The third-order valence-electron chi connectivity index (χ3n) is 10.1. The van der Waals surface area contributed by atoms with Gasteiger partial charge >= 0.3 is 0 Å². The van der Waals surface area contributed by atoms with Crippen LogP contribution < -0.4 is 0 Å². The van der Waals surface area contributed by atoms with E-state index in [0.717, 1.165) is 12.8 Å². The van der Waals surface area contributed by atoms with Gasteiger partial charge in [0.2, 0.25) is 12.8 Å². The van der Waals surface area contributed by atoms with Crippen LogP contribution in [0.4, 0.5) is 34.1 Å².